The van der Waals surface area contributed by atoms with Crippen LogP contribution in [0.5, 0.6) is 0 Å². The summed E-state index contributed by atoms with van der Waals surface area (Å²) in [6.45, 7) is 4.49. The van der Waals surface area contributed by atoms with Crippen molar-refractivity contribution in [1.29, 1.82) is 0 Å². The zero-order valence-electron chi connectivity index (χ0n) is 13.7. The van der Waals surface area contributed by atoms with Crippen molar-refractivity contribution in [3.8, 4) is 0 Å². The molecule has 1 heterocycles. The number of methoxy groups -OCH3 is 1. The number of likely N-dealkylation sites (N-methyl/N-ethyl adjacent to an activating group) is 1. The maximum Gasteiger partial charge on any atom is 0.101 e. The predicted octanol–water partition coefficient (Wildman–Crippen LogP) is 2.77. The molecule has 0 aliphatic carbocycles. The summed E-state index contributed by atoms with van der Waals surface area (Å²) >= 11 is 0. The molecule has 0 aromatic heterocycles. The molecule has 23 heavy (non-hydrogen) atoms. The van der Waals surface area contributed by atoms with E-state index in [1.807, 2.05) is 24.3 Å². The molecular formula is C16H24FN5O. The first-order chi connectivity index (χ1) is 11.2. The largest absolute Gasteiger partial charge is 0.376 e. The van der Waals surface area contributed by atoms with Crippen LogP contribution in [0.4, 0.5) is 4.39 Å². The summed E-state index contributed by atoms with van der Waals surface area (Å²) in [5.74, 6) is 0. The van der Waals surface area contributed by atoms with E-state index in [1.165, 1.54) is 12.7 Å². The van der Waals surface area contributed by atoms with Gasteiger partial charge in [0.15, 0.2) is 0 Å². The van der Waals surface area contributed by atoms with Crippen LogP contribution < -0.4 is 0 Å². The number of alkyl halides is 1. The number of halogens is 1. The van der Waals surface area contributed by atoms with E-state index in [2.05, 4.69) is 26.9 Å². The fourth-order valence-electron chi connectivity index (χ4n) is 2.83. The van der Waals surface area contributed by atoms with Crippen molar-refractivity contribution in [2.24, 2.45) is 5.11 Å². The minimum absolute atomic E-state index is 0.561. The van der Waals surface area contributed by atoms with Gasteiger partial charge in [-0.25, -0.2) is 0 Å². The highest BCUT2D eigenvalue weighted by Crippen LogP contribution is 2.24. The number of ether oxygens (including phenoxy) is 1. The summed E-state index contributed by atoms with van der Waals surface area (Å²) < 4.78 is 18.4. The van der Waals surface area contributed by atoms with Gasteiger partial charge >= 0.3 is 0 Å². The number of hydrogen-bond donors (Lipinski definition) is 0. The van der Waals surface area contributed by atoms with E-state index in [0.717, 1.165) is 38.3 Å². The van der Waals surface area contributed by atoms with Gasteiger partial charge in [-0.3, -0.25) is 9.29 Å². The summed E-state index contributed by atoms with van der Waals surface area (Å²) in [6, 6.07) is 7.08. The summed E-state index contributed by atoms with van der Waals surface area (Å²) in [7, 11) is 3.64. The normalized spacial score (nSPS) is 19.1. The van der Waals surface area contributed by atoms with Gasteiger partial charge in [0, 0.05) is 44.7 Å². The monoisotopic (exact) mass is 321 g/mol. The van der Waals surface area contributed by atoms with Crippen LogP contribution in [0.1, 0.15) is 17.2 Å². The minimum atomic E-state index is -0.839. The third-order valence-electron chi connectivity index (χ3n) is 4.27. The quantitative estimate of drug-likeness (QED) is 0.441. The fourth-order valence-corrected chi connectivity index (χ4v) is 2.83. The lowest BCUT2D eigenvalue weighted by Gasteiger charge is -2.32. The Labute approximate surface area is 136 Å². The van der Waals surface area contributed by atoms with Crippen molar-refractivity contribution in [2.75, 3.05) is 47.0 Å². The molecule has 2 atom stereocenters. The van der Waals surface area contributed by atoms with Crippen LogP contribution in [-0.2, 0) is 11.3 Å². The van der Waals surface area contributed by atoms with Crippen molar-refractivity contribution in [3.63, 3.8) is 0 Å². The van der Waals surface area contributed by atoms with E-state index in [0.29, 0.717) is 0 Å². The number of azide groups is 1. The molecule has 1 aromatic carbocycles. The van der Waals surface area contributed by atoms with E-state index in [9.17, 15) is 4.39 Å². The average molecular weight is 321 g/mol. The highest BCUT2D eigenvalue weighted by atomic mass is 19.1. The first kappa shape index (κ1) is 17.7. The van der Waals surface area contributed by atoms with Crippen LogP contribution in [0.2, 0.25) is 0 Å². The summed E-state index contributed by atoms with van der Waals surface area (Å²) in [6.07, 6.45) is -0.561. The number of piperazine rings is 1. The Kier molecular flexibility index (Phi) is 6.80. The second kappa shape index (κ2) is 8.84. The molecule has 1 unspecified atom stereocenters. The Morgan fingerprint density at radius 3 is 2.43 bits per heavy atom. The summed E-state index contributed by atoms with van der Waals surface area (Å²) in [5.41, 5.74) is 10.6. The molecule has 0 saturated carbocycles. The third kappa shape index (κ3) is 4.91. The van der Waals surface area contributed by atoms with E-state index < -0.39 is 18.8 Å². The highest BCUT2D eigenvalue weighted by molar-refractivity contribution is 5.25. The Morgan fingerprint density at radius 2 is 1.91 bits per heavy atom. The third-order valence-corrected chi connectivity index (χ3v) is 4.27. The van der Waals surface area contributed by atoms with Gasteiger partial charge in [0.25, 0.3) is 0 Å². The Hall–Kier alpha value is -1.66. The molecule has 2 rings (SSSR count). The van der Waals surface area contributed by atoms with Gasteiger partial charge in [0.05, 0.1) is 12.1 Å². The molecule has 1 fully saturated rings. The molecular weight excluding hydrogens is 297 g/mol. The summed E-state index contributed by atoms with van der Waals surface area (Å²) in [4.78, 5) is 7.45. The van der Waals surface area contributed by atoms with Crippen molar-refractivity contribution in [3.05, 3.63) is 45.8 Å². The number of benzene rings is 1. The van der Waals surface area contributed by atoms with Crippen LogP contribution in [-0.4, -0.2) is 62.9 Å². The van der Waals surface area contributed by atoms with E-state index >= 15 is 0 Å². The zero-order valence-corrected chi connectivity index (χ0v) is 13.7. The van der Waals surface area contributed by atoms with Gasteiger partial charge in [-0.15, -0.1) is 0 Å². The van der Waals surface area contributed by atoms with Gasteiger partial charge in [0.1, 0.15) is 6.67 Å². The van der Waals surface area contributed by atoms with Crippen molar-refractivity contribution in [2.45, 2.75) is 18.7 Å². The first-order valence-corrected chi connectivity index (χ1v) is 7.80. The first-order valence-electron chi connectivity index (χ1n) is 7.80. The van der Waals surface area contributed by atoms with Gasteiger partial charge in [-0.2, -0.15) is 0 Å². The fraction of sp³-hybridized carbons (Fsp3) is 0.625. The molecule has 0 spiro atoms. The average Bonchev–Trinajstić information content (AvgIpc) is 2.58. The van der Waals surface area contributed by atoms with Gasteiger partial charge in [0.2, 0.25) is 0 Å². The molecule has 1 saturated heterocycles. The topological polar surface area (TPSA) is 64.5 Å². The lowest BCUT2D eigenvalue weighted by atomic mass is 10.0. The molecule has 1 aromatic rings. The van der Waals surface area contributed by atoms with E-state index in [4.69, 9.17) is 10.3 Å². The lowest BCUT2D eigenvalue weighted by Crippen LogP contribution is -2.43. The molecule has 0 radical (unpaired) electrons. The number of rotatable bonds is 7. The molecule has 6 nitrogen and oxygen atoms in total. The second-order valence-electron chi connectivity index (χ2n) is 5.90. The predicted molar refractivity (Wildman–Crippen MR) is 87.9 cm³/mol. The molecule has 0 N–H and O–H groups in total. The van der Waals surface area contributed by atoms with Crippen LogP contribution in [0, 0.1) is 0 Å². The maximum absolute atomic E-state index is 13.0. The van der Waals surface area contributed by atoms with Crippen LogP contribution in [0.15, 0.2) is 29.4 Å². The molecule has 1 aliphatic heterocycles. The molecule has 126 valence electrons. The van der Waals surface area contributed by atoms with Crippen LogP contribution in [0.25, 0.3) is 10.4 Å². The maximum atomic E-state index is 13.0. The SMILES string of the molecule is CO[C@H](c1ccc(CN2CCN(C)CC2)cc1)C(CF)N=[N+]=[N-]. The number of hydrogen-bond acceptors (Lipinski definition) is 4. The van der Waals surface area contributed by atoms with Crippen molar-refractivity contribution in [1.82, 2.24) is 9.80 Å². The van der Waals surface area contributed by atoms with Crippen LogP contribution >= 0.6 is 0 Å². The van der Waals surface area contributed by atoms with E-state index in [-0.39, 0.29) is 0 Å². The van der Waals surface area contributed by atoms with Crippen LogP contribution in [0.3, 0.4) is 0 Å². The Morgan fingerprint density at radius 1 is 1.26 bits per heavy atom. The smallest absolute Gasteiger partial charge is 0.101 e. The molecule has 0 bridgehead atoms. The Bertz CT molecular complexity index is 524. The molecule has 0 amide bonds. The van der Waals surface area contributed by atoms with Crippen molar-refractivity contribution >= 4 is 0 Å². The highest BCUT2D eigenvalue weighted by Gasteiger charge is 2.22. The zero-order chi connectivity index (χ0) is 16.7. The molecule has 1 aliphatic rings. The van der Waals surface area contributed by atoms with E-state index in [1.54, 1.807) is 0 Å². The summed E-state index contributed by atoms with van der Waals surface area (Å²) in [5, 5.41) is 3.48. The standard InChI is InChI=1S/C16H24FN5O/c1-21-7-9-22(10-8-21)12-13-3-5-14(6-4-13)16(23-2)15(11-17)19-20-18/h3-6,15-16H,7-12H2,1-2H3/t15?,16-/m1/s1. The van der Waals surface area contributed by atoms with Gasteiger partial charge in [-0.1, -0.05) is 29.4 Å². The number of nitrogens with zero attached hydrogens (tertiary/aromatic N) is 5. The van der Waals surface area contributed by atoms with Gasteiger partial charge < -0.3 is 9.64 Å². The van der Waals surface area contributed by atoms with Gasteiger partial charge in [-0.05, 0) is 23.7 Å². The minimum Gasteiger partial charge on any atom is -0.376 e. The Balaban J connectivity index is 2.01. The lowest BCUT2D eigenvalue weighted by molar-refractivity contribution is 0.0721. The second-order valence-corrected chi connectivity index (χ2v) is 5.90. The van der Waals surface area contributed by atoms with Crippen molar-refractivity contribution < 1.29 is 9.13 Å². The molecule has 7 heteroatoms.